The van der Waals surface area contributed by atoms with Crippen LogP contribution in [0.4, 0.5) is 0 Å². The maximum absolute atomic E-state index is 12.1. The number of hydrogen-bond donors (Lipinski definition) is 1. The Labute approximate surface area is 146 Å². The third-order valence-electron chi connectivity index (χ3n) is 3.56. The molecule has 2 aromatic rings. The second-order valence-electron chi connectivity index (χ2n) is 5.31. The second kappa shape index (κ2) is 8.60. The molecular formula is C19H20N2O4. The zero-order chi connectivity index (χ0) is 18.2. The minimum atomic E-state index is -0.433. The number of carbonyl (C=O) groups excluding carboxylic acids is 1. The summed E-state index contributed by atoms with van der Waals surface area (Å²) in [7, 11) is 3.15. The van der Waals surface area contributed by atoms with Gasteiger partial charge in [-0.1, -0.05) is 6.07 Å². The van der Waals surface area contributed by atoms with Crippen LogP contribution in [0.1, 0.15) is 17.1 Å². The van der Waals surface area contributed by atoms with Crippen molar-refractivity contribution in [3.8, 4) is 17.6 Å². The first-order chi connectivity index (χ1) is 12.1. The Bertz CT molecular complexity index is 815. The molecule has 1 amide bonds. The molecule has 6 nitrogen and oxygen atoms in total. The standard InChI is InChI=1S/C19H20N2O4/c1-13-4-6-16(25-13)11-15(12-20)19(22)21-9-8-14-5-7-17(23-2)18(10-14)24-3/h4-7,10-11H,8-9H2,1-3H3,(H,21,22). The highest BCUT2D eigenvalue weighted by Gasteiger charge is 2.10. The first kappa shape index (κ1) is 18.1. The van der Waals surface area contributed by atoms with Crippen molar-refractivity contribution in [2.75, 3.05) is 20.8 Å². The van der Waals surface area contributed by atoms with E-state index < -0.39 is 5.91 Å². The molecule has 0 bridgehead atoms. The Morgan fingerprint density at radius 3 is 2.60 bits per heavy atom. The predicted molar refractivity (Wildman–Crippen MR) is 93.3 cm³/mol. The highest BCUT2D eigenvalue weighted by atomic mass is 16.5. The molecule has 1 aromatic carbocycles. The molecule has 0 aliphatic rings. The summed E-state index contributed by atoms with van der Waals surface area (Å²) in [5.74, 6) is 2.05. The number of methoxy groups -OCH3 is 2. The minimum Gasteiger partial charge on any atom is -0.493 e. The molecular weight excluding hydrogens is 320 g/mol. The van der Waals surface area contributed by atoms with Crippen LogP contribution in [0.3, 0.4) is 0 Å². The van der Waals surface area contributed by atoms with E-state index in [1.165, 1.54) is 6.08 Å². The molecule has 1 aromatic heterocycles. The average Bonchev–Trinajstić information content (AvgIpc) is 3.04. The predicted octanol–water partition coefficient (Wildman–Crippen LogP) is 2.87. The fourth-order valence-electron chi connectivity index (χ4n) is 2.27. The van der Waals surface area contributed by atoms with Crippen LogP contribution in [0.25, 0.3) is 6.08 Å². The van der Waals surface area contributed by atoms with Crippen LogP contribution in [-0.4, -0.2) is 26.7 Å². The first-order valence-electron chi connectivity index (χ1n) is 7.74. The van der Waals surface area contributed by atoms with Crippen LogP contribution < -0.4 is 14.8 Å². The molecule has 2 rings (SSSR count). The van der Waals surface area contributed by atoms with Crippen molar-refractivity contribution in [1.82, 2.24) is 5.32 Å². The normalized spacial score (nSPS) is 10.9. The van der Waals surface area contributed by atoms with Gasteiger partial charge in [0.15, 0.2) is 11.5 Å². The van der Waals surface area contributed by atoms with E-state index in [2.05, 4.69) is 5.32 Å². The van der Waals surface area contributed by atoms with Crippen LogP contribution in [0.15, 0.2) is 40.3 Å². The van der Waals surface area contributed by atoms with Crippen LogP contribution in [0.5, 0.6) is 11.5 Å². The van der Waals surface area contributed by atoms with Gasteiger partial charge in [-0.05, 0) is 43.2 Å². The Kier molecular flexibility index (Phi) is 6.24. The molecule has 25 heavy (non-hydrogen) atoms. The largest absolute Gasteiger partial charge is 0.493 e. The number of rotatable bonds is 7. The first-order valence-corrected chi connectivity index (χ1v) is 7.74. The van der Waals surface area contributed by atoms with E-state index in [1.54, 1.807) is 33.3 Å². The zero-order valence-electron chi connectivity index (χ0n) is 14.5. The summed E-state index contributed by atoms with van der Waals surface area (Å²) < 4.78 is 15.8. The molecule has 6 heteroatoms. The quantitative estimate of drug-likeness (QED) is 0.619. The molecule has 0 aliphatic carbocycles. The van der Waals surface area contributed by atoms with Gasteiger partial charge in [-0.2, -0.15) is 5.26 Å². The van der Waals surface area contributed by atoms with Gasteiger partial charge in [0.1, 0.15) is 23.2 Å². The van der Waals surface area contributed by atoms with Crippen molar-refractivity contribution in [2.24, 2.45) is 0 Å². The average molecular weight is 340 g/mol. The molecule has 130 valence electrons. The zero-order valence-corrected chi connectivity index (χ0v) is 14.5. The van der Waals surface area contributed by atoms with Crippen LogP contribution in [0.2, 0.25) is 0 Å². The third-order valence-corrected chi connectivity index (χ3v) is 3.56. The van der Waals surface area contributed by atoms with E-state index in [9.17, 15) is 4.79 Å². The van der Waals surface area contributed by atoms with E-state index in [4.69, 9.17) is 19.2 Å². The Balaban J connectivity index is 1.95. The van der Waals surface area contributed by atoms with Crippen molar-refractivity contribution in [3.63, 3.8) is 0 Å². The highest BCUT2D eigenvalue weighted by molar-refractivity contribution is 6.01. The molecule has 0 atom stereocenters. The van der Waals surface area contributed by atoms with E-state index in [-0.39, 0.29) is 5.57 Å². The lowest BCUT2D eigenvalue weighted by Gasteiger charge is -2.10. The summed E-state index contributed by atoms with van der Waals surface area (Å²) in [5, 5.41) is 11.9. The number of nitriles is 1. The van der Waals surface area contributed by atoms with E-state index in [1.807, 2.05) is 24.3 Å². The van der Waals surface area contributed by atoms with Gasteiger partial charge in [-0.3, -0.25) is 4.79 Å². The maximum Gasteiger partial charge on any atom is 0.262 e. The number of aryl methyl sites for hydroxylation is 1. The summed E-state index contributed by atoms with van der Waals surface area (Å²) in [5.41, 5.74) is 0.990. The van der Waals surface area contributed by atoms with Crippen LogP contribution >= 0.6 is 0 Å². The molecule has 0 unspecified atom stereocenters. The molecule has 0 saturated heterocycles. The summed E-state index contributed by atoms with van der Waals surface area (Å²) in [6.45, 7) is 2.19. The third kappa shape index (κ3) is 4.88. The van der Waals surface area contributed by atoms with E-state index >= 15 is 0 Å². The molecule has 0 fully saturated rings. The van der Waals surface area contributed by atoms with Crippen molar-refractivity contribution < 1.29 is 18.7 Å². The Morgan fingerprint density at radius 1 is 1.24 bits per heavy atom. The monoisotopic (exact) mass is 340 g/mol. The number of nitrogens with one attached hydrogen (secondary N) is 1. The topological polar surface area (TPSA) is 84.5 Å². The lowest BCUT2D eigenvalue weighted by Crippen LogP contribution is -2.26. The van der Waals surface area contributed by atoms with Gasteiger partial charge >= 0.3 is 0 Å². The molecule has 0 spiro atoms. The summed E-state index contributed by atoms with van der Waals surface area (Å²) >= 11 is 0. The Hall–Kier alpha value is -3.20. The summed E-state index contributed by atoms with van der Waals surface area (Å²) in [6.07, 6.45) is 2.03. The molecule has 0 aliphatic heterocycles. The van der Waals surface area contributed by atoms with Gasteiger partial charge < -0.3 is 19.2 Å². The number of hydrogen-bond acceptors (Lipinski definition) is 5. The molecule has 1 N–H and O–H groups in total. The Morgan fingerprint density at radius 2 is 2.00 bits per heavy atom. The minimum absolute atomic E-state index is 0.00154. The van der Waals surface area contributed by atoms with E-state index in [0.29, 0.717) is 30.2 Å². The van der Waals surface area contributed by atoms with Crippen molar-refractivity contribution in [1.29, 1.82) is 5.26 Å². The summed E-state index contributed by atoms with van der Waals surface area (Å²) in [4.78, 5) is 12.1. The number of benzene rings is 1. The van der Waals surface area contributed by atoms with Gasteiger partial charge in [-0.15, -0.1) is 0 Å². The smallest absolute Gasteiger partial charge is 0.262 e. The number of carbonyl (C=O) groups is 1. The number of nitrogens with zero attached hydrogens (tertiary/aromatic N) is 1. The fraction of sp³-hybridized carbons (Fsp3) is 0.263. The van der Waals surface area contributed by atoms with Gasteiger partial charge in [-0.25, -0.2) is 0 Å². The van der Waals surface area contributed by atoms with Gasteiger partial charge in [0.2, 0.25) is 0 Å². The van der Waals surface area contributed by atoms with Gasteiger partial charge in [0.25, 0.3) is 5.91 Å². The maximum atomic E-state index is 12.1. The van der Waals surface area contributed by atoms with E-state index in [0.717, 1.165) is 11.3 Å². The SMILES string of the molecule is COc1ccc(CCNC(=O)C(C#N)=Cc2ccc(C)o2)cc1OC. The highest BCUT2D eigenvalue weighted by Crippen LogP contribution is 2.27. The van der Waals surface area contributed by atoms with Gasteiger partial charge in [0, 0.05) is 12.6 Å². The van der Waals surface area contributed by atoms with Crippen molar-refractivity contribution in [3.05, 3.63) is 53.0 Å². The van der Waals surface area contributed by atoms with Crippen molar-refractivity contribution in [2.45, 2.75) is 13.3 Å². The van der Waals surface area contributed by atoms with Crippen LogP contribution in [-0.2, 0) is 11.2 Å². The fourth-order valence-corrected chi connectivity index (χ4v) is 2.27. The lowest BCUT2D eigenvalue weighted by atomic mass is 10.1. The molecule has 1 heterocycles. The second-order valence-corrected chi connectivity index (χ2v) is 5.31. The van der Waals surface area contributed by atoms with Crippen molar-refractivity contribution >= 4 is 12.0 Å². The number of ether oxygens (including phenoxy) is 2. The number of amides is 1. The van der Waals surface area contributed by atoms with Crippen LogP contribution in [0, 0.1) is 18.3 Å². The molecule has 0 radical (unpaired) electrons. The summed E-state index contributed by atoms with van der Waals surface area (Å²) in [6, 6.07) is 11.0. The van der Waals surface area contributed by atoms with Gasteiger partial charge in [0.05, 0.1) is 14.2 Å². The number of furan rings is 1. The lowest BCUT2D eigenvalue weighted by molar-refractivity contribution is -0.117. The molecule has 0 saturated carbocycles.